The van der Waals surface area contributed by atoms with Crippen LogP contribution in [-0.4, -0.2) is 16.6 Å². The van der Waals surface area contributed by atoms with Crippen molar-refractivity contribution in [2.45, 2.75) is 34.1 Å². The summed E-state index contributed by atoms with van der Waals surface area (Å²) in [6.07, 6.45) is 4.65. The number of hydrogen-bond acceptors (Lipinski definition) is 3. The van der Waals surface area contributed by atoms with Gasteiger partial charge in [0.25, 0.3) is 0 Å². The fourth-order valence-corrected chi connectivity index (χ4v) is 3.33. The highest BCUT2D eigenvalue weighted by atomic mass is 19.1. The van der Waals surface area contributed by atoms with Crippen LogP contribution >= 0.6 is 0 Å². The van der Waals surface area contributed by atoms with Gasteiger partial charge in [-0.15, -0.1) is 0 Å². The summed E-state index contributed by atoms with van der Waals surface area (Å²) in [5.41, 5.74) is 3.60. The summed E-state index contributed by atoms with van der Waals surface area (Å²) >= 11 is 0. The van der Waals surface area contributed by atoms with Gasteiger partial charge in [-0.1, -0.05) is 20.8 Å². The van der Waals surface area contributed by atoms with E-state index in [1.165, 1.54) is 12.1 Å². The molecule has 136 valence electrons. The number of halogens is 1. The van der Waals surface area contributed by atoms with Gasteiger partial charge in [-0.3, -0.25) is 4.98 Å². The third kappa shape index (κ3) is 4.18. The van der Waals surface area contributed by atoms with Gasteiger partial charge in [0.2, 0.25) is 5.88 Å². The fraction of sp³-hybridized carbons (Fsp3) is 0.364. The van der Waals surface area contributed by atoms with Crippen LogP contribution in [0.1, 0.15) is 32.8 Å². The van der Waals surface area contributed by atoms with Gasteiger partial charge in [0.05, 0.1) is 12.1 Å². The van der Waals surface area contributed by atoms with Crippen LogP contribution in [-0.2, 0) is 0 Å². The minimum atomic E-state index is -0.282. The molecular weight excluding hydrogens is 327 g/mol. The standard InChI is InChI=1S/C22H25FN2O/c1-14(2)9-15(3)13-26-22-16(4)10-17(12-25-22)19-7-8-24-21-11-18(23)5-6-20(19)21/h5-8,10-12,14-15H,9,13H2,1-4H3/t15-/m0/s1. The van der Waals surface area contributed by atoms with E-state index in [0.717, 1.165) is 28.5 Å². The molecule has 0 aliphatic rings. The lowest BCUT2D eigenvalue weighted by atomic mass is 10.00. The van der Waals surface area contributed by atoms with Crippen molar-refractivity contribution in [3.63, 3.8) is 0 Å². The van der Waals surface area contributed by atoms with Crippen molar-refractivity contribution in [3.8, 4) is 17.0 Å². The smallest absolute Gasteiger partial charge is 0.216 e. The van der Waals surface area contributed by atoms with Crippen LogP contribution < -0.4 is 4.74 Å². The Hall–Kier alpha value is -2.49. The average Bonchev–Trinajstić information content (AvgIpc) is 2.59. The van der Waals surface area contributed by atoms with Crippen LogP contribution in [0.15, 0.2) is 42.7 Å². The van der Waals surface area contributed by atoms with Gasteiger partial charge in [-0.05, 0) is 55.0 Å². The number of aromatic nitrogens is 2. The van der Waals surface area contributed by atoms with Gasteiger partial charge in [0.15, 0.2) is 0 Å². The molecule has 0 saturated heterocycles. The first-order valence-corrected chi connectivity index (χ1v) is 9.08. The highest BCUT2D eigenvalue weighted by Crippen LogP contribution is 2.30. The van der Waals surface area contributed by atoms with Crippen molar-refractivity contribution < 1.29 is 9.13 Å². The largest absolute Gasteiger partial charge is 0.477 e. The highest BCUT2D eigenvalue weighted by Gasteiger charge is 2.11. The summed E-state index contributed by atoms with van der Waals surface area (Å²) in [5.74, 6) is 1.55. The van der Waals surface area contributed by atoms with Crippen LogP contribution in [0, 0.1) is 24.6 Å². The molecule has 2 aromatic heterocycles. The Morgan fingerprint density at radius 3 is 2.62 bits per heavy atom. The number of ether oxygens (including phenoxy) is 1. The van der Waals surface area contributed by atoms with Crippen LogP contribution in [0.5, 0.6) is 5.88 Å². The Kier molecular flexibility index (Phi) is 5.50. The van der Waals surface area contributed by atoms with Gasteiger partial charge >= 0.3 is 0 Å². The van der Waals surface area contributed by atoms with Gasteiger partial charge in [-0.25, -0.2) is 9.37 Å². The molecule has 2 heterocycles. The Morgan fingerprint density at radius 1 is 1.08 bits per heavy atom. The molecule has 1 atom stereocenters. The second kappa shape index (κ2) is 7.81. The molecule has 3 rings (SSSR count). The molecule has 0 fully saturated rings. The molecule has 26 heavy (non-hydrogen) atoms. The number of aryl methyl sites for hydroxylation is 1. The molecule has 4 heteroatoms. The monoisotopic (exact) mass is 352 g/mol. The lowest BCUT2D eigenvalue weighted by Crippen LogP contribution is -2.12. The first kappa shape index (κ1) is 18.3. The molecule has 0 amide bonds. The quantitative estimate of drug-likeness (QED) is 0.562. The molecule has 0 bridgehead atoms. The number of pyridine rings is 2. The topological polar surface area (TPSA) is 35.0 Å². The zero-order chi connectivity index (χ0) is 18.7. The van der Waals surface area contributed by atoms with Crippen molar-refractivity contribution in [3.05, 3.63) is 54.1 Å². The summed E-state index contributed by atoms with van der Waals surface area (Å²) in [7, 11) is 0. The first-order chi connectivity index (χ1) is 12.4. The van der Waals surface area contributed by atoms with Crippen molar-refractivity contribution in [2.24, 2.45) is 11.8 Å². The van der Waals surface area contributed by atoms with Crippen LogP contribution in [0.2, 0.25) is 0 Å². The summed E-state index contributed by atoms with van der Waals surface area (Å²) < 4.78 is 19.4. The third-order valence-corrected chi connectivity index (χ3v) is 4.42. The Bertz CT molecular complexity index is 908. The molecule has 0 radical (unpaired) electrons. The van der Waals surface area contributed by atoms with Gasteiger partial charge in [0, 0.05) is 35.0 Å². The molecule has 1 aromatic carbocycles. The zero-order valence-electron chi connectivity index (χ0n) is 15.8. The van der Waals surface area contributed by atoms with E-state index in [2.05, 4.69) is 36.8 Å². The van der Waals surface area contributed by atoms with E-state index >= 15 is 0 Å². The molecule has 3 nitrogen and oxygen atoms in total. The van der Waals surface area contributed by atoms with E-state index in [4.69, 9.17) is 4.74 Å². The lowest BCUT2D eigenvalue weighted by Gasteiger charge is -2.16. The summed E-state index contributed by atoms with van der Waals surface area (Å²) in [6, 6.07) is 8.67. The number of hydrogen-bond donors (Lipinski definition) is 0. The number of nitrogens with zero attached hydrogens (tertiary/aromatic N) is 2. The second-order valence-corrected chi connectivity index (χ2v) is 7.41. The van der Waals surface area contributed by atoms with E-state index in [1.54, 1.807) is 12.3 Å². The maximum absolute atomic E-state index is 13.4. The molecular formula is C22H25FN2O. The number of rotatable bonds is 6. The van der Waals surface area contributed by atoms with Gasteiger partial charge in [0.1, 0.15) is 5.82 Å². The lowest BCUT2D eigenvalue weighted by molar-refractivity contribution is 0.230. The summed E-state index contributed by atoms with van der Waals surface area (Å²) in [6.45, 7) is 9.32. The van der Waals surface area contributed by atoms with Crippen LogP contribution in [0.25, 0.3) is 22.0 Å². The Labute approximate surface area is 154 Å². The Balaban J connectivity index is 1.84. The molecule has 0 N–H and O–H groups in total. The fourth-order valence-electron chi connectivity index (χ4n) is 3.33. The van der Waals surface area contributed by atoms with E-state index in [1.807, 2.05) is 19.2 Å². The maximum Gasteiger partial charge on any atom is 0.216 e. The molecule has 3 aromatic rings. The van der Waals surface area contributed by atoms with Crippen LogP contribution in [0.4, 0.5) is 4.39 Å². The zero-order valence-corrected chi connectivity index (χ0v) is 15.8. The van der Waals surface area contributed by atoms with Crippen molar-refractivity contribution >= 4 is 10.9 Å². The number of fused-ring (bicyclic) bond motifs is 1. The van der Waals surface area contributed by atoms with E-state index in [9.17, 15) is 4.39 Å². The first-order valence-electron chi connectivity index (χ1n) is 9.08. The minimum absolute atomic E-state index is 0.282. The maximum atomic E-state index is 13.4. The van der Waals surface area contributed by atoms with E-state index in [0.29, 0.717) is 29.8 Å². The highest BCUT2D eigenvalue weighted by molar-refractivity contribution is 5.94. The van der Waals surface area contributed by atoms with Crippen molar-refractivity contribution in [2.75, 3.05) is 6.61 Å². The van der Waals surface area contributed by atoms with E-state index in [-0.39, 0.29) is 5.82 Å². The molecule has 0 aliphatic heterocycles. The predicted octanol–water partition coefficient (Wildman–Crippen LogP) is 5.81. The third-order valence-electron chi connectivity index (χ3n) is 4.42. The summed E-state index contributed by atoms with van der Waals surface area (Å²) in [5, 5.41) is 0.911. The minimum Gasteiger partial charge on any atom is -0.477 e. The predicted molar refractivity (Wildman–Crippen MR) is 104 cm³/mol. The van der Waals surface area contributed by atoms with E-state index < -0.39 is 0 Å². The molecule has 0 spiro atoms. The van der Waals surface area contributed by atoms with Crippen LogP contribution in [0.3, 0.4) is 0 Å². The second-order valence-electron chi connectivity index (χ2n) is 7.41. The van der Waals surface area contributed by atoms with Gasteiger partial charge in [-0.2, -0.15) is 0 Å². The van der Waals surface area contributed by atoms with Crippen molar-refractivity contribution in [1.29, 1.82) is 0 Å². The number of benzene rings is 1. The molecule has 0 unspecified atom stereocenters. The average molecular weight is 352 g/mol. The normalized spacial score (nSPS) is 12.5. The Morgan fingerprint density at radius 2 is 1.88 bits per heavy atom. The van der Waals surface area contributed by atoms with Crippen molar-refractivity contribution in [1.82, 2.24) is 9.97 Å². The van der Waals surface area contributed by atoms with Gasteiger partial charge < -0.3 is 4.74 Å². The molecule has 0 saturated carbocycles. The molecule has 0 aliphatic carbocycles. The summed E-state index contributed by atoms with van der Waals surface area (Å²) in [4.78, 5) is 8.77. The SMILES string of the molecule is Cc1cc(-c2ccnc3cc(F)ccc23)cnc1OC[C@@H](C)CC(C)C.